The van der Waals surface area contributed by atoms with Crippen molar-refractivity contribution < 1.29 is 18.0 Å². The van der Waals surface area contributed by atoms with Crippen LogP contribution in [0.15, 0.2) is 54.7 Å². The molecule has 0 aliphatic heterocycles. The molecular weight excluding hydrogens is 400 g/mol. The average molecular weight is 421 g/mol. The lowest BCUT2D eigenvalue weighted by Gasteiger charge is -2.32. The van der Waals surface area contributed by atoms with Crippen LogP contribution in [0.3, 0.4) is 0 Å². The van der Waals surface area contributed by atoms with Crippen molar-refractivity contribution >= 4 is 44.4 Å². The SMILES string of the molecule is CCC(C)(c1ccc(Cl)cc1)n1ccc2c(NS(C)(=O)=O)cccc21.O=C=O. The topological polar surface area (TPSA) is 85.2 Å². The van der Waals surface area contributed by atoms with Gasteiger partial charge in [-0.3, -0.25) is 4.72 Å². The number of hydrogen-bond acceptors (Lipinski definition) is 4. The normalized spacial score (nSPS) is 13.1. The molecule has 0 fully saturated rings. The van der Waals surface area contributed by atoms with E-state index < -0.39 is 10.0 Å². The Kier molecular flexibility index (Phi) is 6.67. The molecule has 3 rings (SSSR count). The maximum absolute atomic E-state index is 11.6. The summed E-state index contributed by atoms with van der Waals surface area (Å²) in [6, 6.07) is 15.5. The van der Waals surface area contributed by atoms with Crippen LogP contribution < -0.4 is 4.72 Å². The fourth-order valence-electron chi connectivity index (χ4n) is 3.21. The van der Waals surface area contributed by atoms with E-state index in [-0.39, 0.29) is 11.7 Å². The second-order valence-electron chi connectivity index (χ2n) is 6.52. The van der Waals surface area contributed by atoms with Gasteiger partial charge < -0.3 is 4.57 Å². The van der Waals surface area contributed by atoms with Crippen molar-refractivity contribution in [2.24, 2.45) is 0 Å². The molecule has 2 aromatic carbocycles. The Morgan fingerprint density at radius 1 is 1.11 bits per heavy atom. The number of fused-ring (bicyclic) bond motifs is 1. The van der Waals surface area contributed by atoms with Gasteiger partial charge in [0.05, 0.1) is 23.0 Å². The van der Waals surface area contributed by atoms with Crippen LogP contribution in [-0.2, 0) is 25.2 Å². The fourth-order valence-corrected chi connectivity index (χ4v) is 3.91. The highest BCUT2D eigenvalue weighted by Gasteiger charge is 2.28. The molecule has 0 saturated carbocycles. The van der Waals surface area contributed by atoms with Crippen LogP contribution in [-0.4, -0.2) is 25.4 Å². The van der Waals surface area contributed by atoms with Crippen LogP contribution in [0.2, 0.25) is 5.02 Å². The molecule has 0 spiro atoms. The number of nitrogens with one attached hydrogen (secondary N) is 1. The second-order valence-corrected chi connectivity index (χ2v) is 8.70. The average Bonchev–Trinajstić information content (AvgIpc) is 3.07. The van der Waals surface area contributed by atoms with Gasteiger partial charge in [0, 0.05) is 16.6 Å². The number of carbonyl (C=O) groups excluding carboxylic acids is 2. The first kappa shape index (κ1) is 21.7. The van der Waals surface area contributed by atoms with E-state index in [9.17, 15) is 8.42 Å². The minimum Gasteiger partial charge on any atom is -0.337 e. The predicted octanol–water partition coefficient (Wildman–Crippen LogP) is 4.26. The molecule has 1 heterocycles. The van der Waals surface area contributed by atoms with Gasteiger partial charge >= 0.3 is 6.15 Å². The van der Waals surface area contributed by atoms with E-state index in [0.29, 0.717) is 10.7 Å². The van der Waals surface area contributed by atoms with Crippen molar-refractivity contribution in [2.45, 2.75) is 25.8 Å². The zero-order valence-electron chi connectivity index (χ0n) is 15.8. The summed E-state index contributed by atoms with van der Waals surface area (Å²) in [4.78, 5) is 16.2. The molecule has 28 heavy (non-hydrogen) atoms. The van der Waals surface area contributed by atoms with E-state index >= 15 is 0 Å². The summed E-state index contributed by atoms with van der Waals surface area (Å²) in [5.41, 5.74) is 2.45. The highest BCUT2D eigenvalue weighted by Crippen LogP contribution is 2.36. The van der Waals surface area contributed by atoms with E-state index in [0.717, 1.165) is 29.1 Å². The number of halogens is 1. The zero-order chi connectivity index (χ0) is 20.9. The molecule has 0 amide bonds. The third-order valence-corrected chi connectivity index (χ3v) is 5.56. The minimum atomic E-state index is -3.33. The molecule has 3 aromatic rings. The molecule has 8 heteroatoms. The van der Waals surface area contributed by atoms with Gasteiger partial charge in [0.25, 0.3) is 0 Å². The van der Waals surface area contributed by atoms with Gasteiger partial charge in [-0.25, -0.2) is 8.42 Å². The summed E-state index contributed by atoms with van der Waals surface area (Å²) < 4.78 is 28.0. The van der Waals surface area contributed by atoms with Crippen molar-refractivity contribution in [1.29, 1.82) is 0 Å². The van der Waals surface area contributed by atoms with Crippen LogP contribution in [0.4, 0.5) is 5.69 Å². The molecule has 1 atom stereocenters. The van der Waals surface area contributed by atoms with Gasteiger partial charge in [-0.15, -0.1) is 0 Å². The second kappa shape index (κ2) is 8.61. The number of hydrogen-bond donors (Lipinski definition) is 1. The summed E-state index contributed by atoms with van der Waals surface area (Å²) in [5, 5.41) is 1.58. The molecule has 148 valence electrons. The molecule has 0 saturated heterocycles. The molecule has 0 bridgehead atoms. The largest absolute Gasteiger partial charge is 0.373 e. The van der Waals surface area contributed by atoms with Gasteiger partial charge in [-0.2, -0.15) is 9.59 Å². The Morgan fingerprint density at radius 2 is 1.71 bits per heavy atom. The Hall–Kier alpha value is -2.60. The number of sulfonamides is 1. The number of rotatable bonds is 5. The lowest BCUT2D eigenvalue weighted by atomic mass is 9.89. The predicted molar refractivity (Wildman–Crippen MR) is 110 cm³/mol. The Labute approximate surface area is 169 Å². The van der Waals surface area contributed by atoms with Crippen molar-refractivity contribution in [2.75, 3.05) is 11.0 Å². The molecule has 0 radical (unpaired) electrons. The first-order valence-corrected chi connectivity index (χ1v) is 10.8. The summed E-state index contributed by atoms with van der Waals surface area (Å²) in [5.74, 6) is 0. The number of anilines is 1. The molecule has 1 aromatic heterocycles. The molecular formula is C20H21ClN2O4S. The maximum Gasteiger partial charge on any atom is 0.373 e. The molecule has 1 unspecified atom stereocenters. The molecule has 6 nitrogen and oxygen atoms in total. The smallest absolute Gasteiger partial charge is 0.337 e. The Bertz CT molecular complexity index is 1100. The monoisotopic (exact) mass is 420 g/mol. The Balaban J connectivity index is 0.000000878. The number of aromatic nitrogens is 1. The zero-order valence-corrected chi connectivity index (χ0v) is 17.3. The first-order chi connectivity index (χ1) is 13.2. The standard InChI is InChI=1S/C19H21ClN2O2S.CO2/c1-4-19(2,14-8-10-15(20)11-9-14)22-13-12-16-17(21-25(3,23)24)6-5-7-18(16)22;2-1-3/h5-13,21H,4H2,1-3H3;. The van der Waals surface area contributed by atoms with Crippen LogP contribution in [0.5, 0.6) is 0 Å². The summed E-state index contributed by atoms with van der Waals surface area (Å²) >= 11 is 6.04. The van der Waals surface area contributed by atoms with E-state index in [2.05, 4.69) is 23.1 Å². The van der Waals surface area contributed by atoms with Gasteiger partial charge in [0.2, 0.25) is 10.0 Å². The maximum atomic E-state index is 11.6. The Morgan fingerprint density at radius 3 is 2.25 bits per heavy atom. The van der Waals surface area contributed by atoms with Crippen molar-refractivity contribution in [3.8, 4) is 0 Å². The highest BCUT2D eigenvalue weighted by molar-refractivity contribution is 7.92. The van der Waals surface area contributed by atoms with Gasteiger partial charge in [-0.1, -0.05) is 36.7 Å². The van der Waals surface area contributed by atoms with Gasteiger partial charge in [0.1, 0.15) is 0 Å². The van der Waals surface area contributed by atoms with Crippen LogP contribution in [0.1, 0.15) is 25.8 Å². The van der Waals surface area contributed by atoms with Crippen LogP contribution >= 0.6 is 11.6 Å². The summed E-state index contributed by atoms with van der Waals surface area (Å²) in [6.45, 7) is 4.31. The minimum absolute atomic E-state index is 0.250. The fraction of sp³-hybridized carbons (Fsp3) is 0.250. The first-order valence-electron chi connectivity index (χ1n) is 8.50. The van der Waals surface area contributed by atoms with Gasteiger partial charge in [0.15, 0.2) is 0 Å². The highest BCUT2D eigenvalue weighted by atomic mass is 35.5. The lowest BCUT2D eigenvalue weighted by molar-refractivity contribution is -0.191. The van der Waals surface area contributed by atoms with E-state index in [1.54, 1.807) is 6.07 Å². The third kappa shape index (κ3) is 4.62. The van der Waals surface area contributed by atoms with Crippen molar-refractivity contribution in [1.82, 2.24) is 4.57 Å². The van der Waals surface area contributed by atoms with Crippen LogP contribution in [0.25, 0.3) is 10.9 Å². The van der Waals surface area contributed by atoms with Crippen molar-refractivity contribution in [3.05, 3.63) is 65.3 Å². The van der Waals surface area contributed by atoms with Crippen molar-refractivity contribution in [3.63, 3.8) is 0 Å². The van der Waals surface area contributed by atoms with E-state index in [4.69, 9.17) is 21.2 Å². The van der Waals surface area contributed by atoms with E-state index in [1.165, 1.54) is 0 Å². The number of benzene rings is 2. The van der Waals surface area contributed by atoms with Crippen LogP contribution in [0, 0.1) is 0 Å². The van der Waals surface area contributed by atoms with E-state index in [1.807, 2.05) is 48.7 Å². The molecule has 0 aliphatic carbocycles. The number of nitrogens with zero attached hydrogens (tertiary/aromatic N) is 1. The summed E-state index contributed by atoms with van der Waals surface area (Å²) in [6.07, 6.45) is 4.30. The lowest BCUT2D eigenvalue weighted by Crippen LogP contribution is -2.30. The quantitative estimate of drug-likeness (QED) is 0.668. The molecule has 0 aliphatic rings. The third-order valence-electron chi connectivity index (χ3n) is 4.71. The summed E-state index contributed by atoms with van der Waals surface area (Å²) in [7, 11) is -3.33. The van der Waals surface area contributed by atoms with Gasteiger partial charge in [-0.05, 0) is 49.2 Å². The molecule has 1 N–H and O–H groups in total.